The summed E-state index contributed by atoms with van der Waals surface area (Å²) in [5.74, 6) is -0.504. The lowest BCUT2D eigenvalue weighted by Crippen LogP contribution is -2.34. The van der Waals surface area contributed by atoms with Gasteiger partial charge in [0.05, 0.1) is 11.7 Å². The second kappa shape index (κ2) is 5.95. The molecule has 2 heterocycles. The van der Waals surface area contributed by atoms with Gasteiger partial charge in [0.25, 0.3) is 5.91 Å². The molecule has 1 aliphatic heterocycles. The van der Waals surface area contributed by atoms with E-state index in [1.807, 2.05) is 6.07 Å². The van der Waals surface area contributed by atoms with Gasteiger partial charge in [-0.05, 0) is 31.0 Å². The maximum atomic E-state index is 13.5. The van der Waals surface area contributed by atoms with Gasteiger partial charge in [-0.3, -0.25) is 9.89 Å². The highest BCUT2D eigenvalue weighted by Gasteiger charge is 2.30. The zero-order valence-corrected chi connectivity index (χ0v) is 11.5. The van der Waals surface area contributed by atoms with Gasteiger partial charge < -0.3 is 9.64 Å². The molecule has 1 amide bonds. The summed E-state index contributed by atoms with van der Waals surface area (Å²) in [6.07, 6.45) is 3.51. The molecule has 0 aliphatic carbocycles. The highest BCUT2D eigenvalue weighted by molar-refractivity contribution is 5.78. The number of likely N-dealkylation sites (tertiary alicyclic amines) is 1. The monoisotopic (exact) mass is 289 g/mol. The Hall–Kier alpha value is -2.37. The number of aromatic amines is 1. The van der Waals surface area contributed by atoms with Gasteiger partial charge in [0.1, 0.15) is 0 Å². The molecule has 0 spiro atoms. The highest BCUT2D eigenvalue weighted by Crippen LogP contribution is 2.30. The van der Waals surface area contributed by atoms with Crippen LogP contribution in [-0.2, 0) is 4.79 Å². The molecule has 0 unspecified atom stereocenters. The van der Waals surface area contributed by atoms with Crippen LogP contribution in [0.15, 0.2) is 36.5 Å². The minimum Gasteiger partial charge on any atom is -0.481 e. The number of carbonyl (C=O) groups is 1. The first-order valence-corrected chi connectivity index (χ1v) is 6.92. The quantitative estimate of drug-likeness (QED) is 0.939. The van der Waals surface area contributed by atoms with Gasteiger partial charge in [-0.25, -0.2) is 4.39 Å². The van der Waals surface area contributed by atoms with E-state index in [1.54, 1.807) is 23.2 Å². The summed E-state index contributed by atoms with van der Waals surface area (Å²) in [4.78, 5) is 14.0. The molecule has 1 aliphatic rings. The topological polar surface area (TPSA) is 58.2 Å². The number of para-hydroxylation sites is 1. The fourth-order valence-corrected chi connectivity index (χ4v) is 2.62. The van der Waals surface area contributed by atoms with Gasteiger partial charge in [-0.15, -0.1) is 0 Å². The summed E-state index contributed by atoms with van der Waals surface area (Å²) < 4.78 is 18.7. The number of hydrogen-bond acceptors (Lipinski definition) is 3. The zero-order valence-electron chi connectivity index (χ0n) is 11.5. The van der Waals surface area contributed by atoms with Crippen molar-refractivity contribution in [3.8, 4) is 5.75 Å². The molecule has 21 heavy (non-hydrogen) atoms. The fourth-order valence-electron chi connectivity index (χ4n) is 2.62. The lowest BCUT2D eigenvalue weighted by atomic mass is 10.1. The number of halogens is 1. The van der Waals surface area contributed by atoms with Gasteiger partial charge in [-0.1, -0.05) is 12.1 Å². The third-order valence-electron chi connectivity index (χ3n) is 3.64. The largest absolute Gasteiger partial charge is 0.481 e. The molecule has 110 valence electrons. The van der Waals surface area contributed by atoms with Crippen LogP contribution in [0.2, 0.25) is 0 Å². The lowest BCUT2D eigenvalue weighted by Gasteiger charge is -2.23. The first kappa shape index (κ1) is 13.6. The molecular formula is C15H16FN3O2. The van der Waals surface area contributed by atoms with Crippen molar-refractivity contribution in [2.75, 3.05) is 13.2 Å². The molecule has 1 atom stereocenters. The van der Waals surface area contributed by atoms with Crippen molar-refractivity contribution < 1.29 is 13.9 Å². The molecule has 0 bridgehead atoms. The average molecular weight is 289 g/mol. The standard InChI is InChI=1S/C15H16FN3O2/c16-11-4-1-2-6-14(11)21-10-15(20)19-9-3-5-13(19)12-7-8-17-18-12/h1-2,4,6-8,13H,3,5,9-10H2,(H,17,18)/t13-/m0/s1. The zero-order chi connectivity index (χ0) is 14.7. The number of carbonyl (C=O) groups excluding carboxylic acids is 1. The average Bonchev–Trinajstić information content (AvgIpc) is 3.16. The SMILES string of the molecule is O=C(COc1ccccc1F)N1CCC[C@H]1c1ccn[nH]1. The van der Waals surface area contributed by atoms with Crippen LogP contribution in [0.4, 0.5) is 4.39 Å². The van der Waals surface area contributed by atoms with Gasteiger partial charge in [-0.2, -0.15) is 5.10 Å². The summed E-state index contributed by atoms with van der Waals surface area (Å²) in [7, 11) is 0. The predicted octanol–water partition coefficient (Wildman–Crippen LogP) is 2.29. The molecule has 6 heteroatoms. The van der Waals surface area contributed by atoms with Crippen molar-refractivity contribution in [3.05, 3.63) is 48.0 Å². The normalized spacial score (nSPS) is 18.0. The Kier molecular flexibility index (Phi) is 3.85. The van der Waals surface area contributed by atoms with Crippen molar-refractivity contribution in [1.82, 2.24) is 15.1 Å². The summed E-state index contributed by atoms with van der Waals surface area (Å²) in [5, 5.41) is 6.82. The van der Waals surface area contributed by atoms with E-state index in [0.29, 0.717) is 6.54 Å². The van der Waals surface area contributed by atoms with Crippen molar-refractivity contribution in [1.29, 1.82) is 0 Å². The van der Waals surface area contributed by atoms with Crippen LogP contribution >= 0.6 is 0 Å². The number of H-pyrrole nitrogens is 1. The highest BCUT2D eigenvalue weighted by atomic mass is 19.1. The van der Waals surface area contributed by atoms with Crippen LogP contribution in [-0.4, -0.2) is 34.2 Å². The Morgan fingerprint density at radius 3 is 3.05 bits per heavy atom. The van der Waals surface area contributed by atoms with E-state index in [2.05, 4.69) is 10.2 Å². The fraction of sp³-hybridized carbons (Fsp3) is 0.333. The summed E-state index contributed by atoms with van der Waals surface area (Å²) in [6.45, 7) is 0.523. The van der Waals surface area contributed by atoms with Crippen LogP contribution in [0.3, 0.4) is 0 Å². The van der Waals surface area contributed by atoms with Crippen LogP contribution in [0.5, 0.6) is 5.75 Å². The van der Waals surface area contributed by atoms with Gasteiger partial charge in [0.2, 0.25) is 0 Å². The van der Waals surface area contributed by atoms with E-state index < -0.39 is 5.82 Å². The smallest absolute Gasteiger partial charge is 0.261 e. The van der Waals surface area contributed by atoms with Crippen molar-refractivity contribution in [2.45, 2.75) is 18.9 Å². The minimum atomic E-state index is -0.461. The molecule has 1 aromatic heterocycles. The molecule has 2 aromatic rings. The lowest BCUT2D eigenvalue weighted by molar-refractivity contribution is -0.134. The molecule has 0 radical (unpaired) electrons. The van der Waals surface area contributed by atoms with Crippen LogP contribution in [0.25, 0.3) is 0 Å². The van der Waals surface area contributed by atoms with E-state index in [9.17, 15) is 9.18 Å². The van der Waals surface area contributed by atoms with Gasteiger partial charge in [0.15, 0.2) is 18.2 Å². The second-order valence-electron chi connectivity index (χ2n) is 4.98. The van der Waals surface area contributed by atoms with Crippen molar-refractivity contribution in [2.24, 2.45) is 0 Å². The number of rotatable bonds is 4. The molecule has 0 saturated carbocycles. The number of aromatic nitrogens is 2. The first-order chi connectivity index (χ1) is 10.3. The van der Waals surface area contributed by atoms with E-state index in [1.165, 1.54) is 12.1 Å². The molecule has 5 nitrogen and oxygen atoms in total. The van der Waals surface area contributed by atoms with Crippen molar-refractivity contribution >= 4 is 5.91 Å². The molecule has 1 aromatic carbocycles. The third-order valence-corrected chi connectivity index (χ3v) is 3.64. The van der Waals surface area contributed by atoms with Gasteiger partial charge >= 0.3 is 0 Å². The van der Waals surface area contributed by atoms with Crippen LogP contribution in [0, 0.1) is 5.82 Å². The number of nitrogens with zero attached hydrogens (tertiary/aromatic N) is 2. The molecular weight excluding hydrogens is 273 g/mol. The third kappa shape index (κ3) is 2.89. The number of benzene rings is 1. The molecule has 3 rings (SSSR count). The Morgan fingerprint density at radius 2 is 2.29 bits per heavy atom. The van der Waals surface area contributed by atoms with E-state index in [0.717, 1.165) is 18.5 Å². The Morgan fingerprint density at radius 1 is 1.43 bits per heavy atom. The van der Waals surface area contributed by atoms with Crippen LogP contribution < -0.4 is 4.74 Å². The predicted molar refractivity (Wildman–Crippen MR) is 74.2 cm³/mol. The maximum absolute atomic E-state index is 13.5. The number of hydrogen-bond donors (Lipinski definition) is 1. The number of amides is 1. The van der Waals surface area contributed by atoms with E-state index in [-0.39, 0.29) is 24.3 Å². The van der Waals surface area contributed by atoms with E-state index in [4.69, 9.17) is 4.74 Å². The Bertz CT molecular complexity index is 615. The molecule has 1 N–H and O–H groups in total. The second-order valence-corrected chi connectivity index (χ2v) is 4.98. The van der Waals surface area contributed by atoms with Crippen molar-refractivity contribution in [3.63, 3.8) is 0 Å². The maximum Gasteiger partial charge on any atom is 0.261 e. The summed E-state index contributed by atoms with van der Waals surface area (Å²) in [5.41, 5.74) is 0.923. The van der Waals surface area contributed by atoms with Crippen LogP contribution in [0.1, 0.15) is 24.6 Å². The van der Waals surface area contributed by atoms with Gasteiger partial charge in [0, 0.05) is 12.7 Å². The Balaban J connectivity index is 1.64. The summed E-state index contributed by atoms with van der Waals surface area (Å²) >= 11 is 0. The van der Waals surface area contributed by atoms with E-state index >= 15 is 0 Å². The molecule has 1 saturated heterocycles. The summed E-state index contributed by atoms with van der Waals surface area (Å²) in [6, 6.07) is 7.95. The minimum absolute atomic E-state index is 0.00391. The molecule has 1 fully saturated rings. The number of ether oxygens (including phenoxy) is 1. The number of nitrogens with one attached hydrogen (secondary N) is 1. The Labute approximate surface area is 121 Å². The first-order valence-electron chi connectivity index (χ1n) is 6.92.